The Morgan fingerprint density at radius 1 is 1.18 bits per heavy atom. The number of rotatable bonds is 6. The Bertz CT molecular complexity index is 292. The molecule has 1 aliphatic rings. The largest absolute Gasteiger partial charge is 0.379 e. The Labute approximate surface area is 101 Å². The molecular formula is C12H19NO4. The summed E-state index contributed by atoms with van der Waals surface area (Å²) in [7, 11) is 0. The van der Waals surface area contributed by atoms with Crippen molar-refractivity contribution in [2.75, 3.05) is 19.8 Å². The maximum absolute atomic E-state index is 11.1. The van der Waals surface area contributed by atoms with Crippen molar-refractivity contribution in [3.63, 3.8) is 0 Å². The van der Waals surface area contributed by atoms with Crippen LogP contribution in [0.2, 0.25) is 0 Å². The van der Waals surface area contributed by atoms with Crippen LogP contribution in [0.15, 0.2) is 12.2 Å². The van der Waals surface area contributed by atoms with E-state index in [4.69, 9.17) is 4.74 Å². The van der Waals surface area contributed by atoms with Crippen molar-refractivity contribution in [3.8, 4) is 0 Å². The third-order valence-corrected chi connectivity index (χ3v) is 1.96. The lowest BCUT2D eigenvalue weighted by Gasteiger charge is -2.13. The first-order valence-corrected chi connectivity index (χ1v) is 5.72. The highest BCUT2D eigenvalue weighted by molar-refractivity contribution is 6.12. The molecule has 0 aromatic heterocycles. The first-order chi connectivity index (χ1) is 8.11. The quantitative estimate of drug-likeness (QED) is 0.512. The minimum Gasteiger partial charge on any atom is -0.379 e. The Morgan fingerprint density at radius 2 is 1.71 bits per heavy atom. The van der Waals surface area contributed by atoms with E-state index >= 15 is 0 Å². The van der Waals surface area contributed by atoms with Gasteiger partial charge in [-0.3, -0.25) is 19.3 Å². The van der Waals surface area contributed by atoms with E-state index in [1.54, 1.807) is 0 Å². The van der Waals surface area contributed by atoms with Crippen molar-refractivity contribution >= 4 is 17.6 Å². The normalized spacial score (nSPS) is 13.7. The summed E-state index contributed by atoms with van der Waals surface area (Å²) in [4.78, 5) is 33.8. The van der Waals surface area contributed by atoms with E-state index in [0.29, 0.717) is 13.0 Å². The predicted molar refractivity (Wildman–Crippen MR) is 63.3 cm³/mol. The van der Waals surface area contributed by atoms with Crippen LogP contribution in [0.5, 0.6) is 0 Å². The summed E-state index contributed by atoms with van der Waals surface area (Å²) in [5, 5.41) is 0. The molecule has 0 aromatic rings. The number of ether oxygens (including phenoxy) is 1. The molecule has 0 spiro atoms. The fourth-order valence-corrected chi connectivity index (χ4v) is 1.13. The van der Waals surface area contributed by atoms with Crippen LogP contribution in [-0.4, -0.2) is 42.3 Å². The van der Waals surface area contributed by atoms with Gasteiger partial charge in [-0.2, -0.15) is 0 Å². The van der Waals surface area contributed by atoms with Gasteiger partial charge in [-0.1, -0.05) is 13.8 Å². The zero-order valence-electron chi connectivity index (χ0n) is 10.6. The summed E-state index contributed by atoms with van der Waals surface area (Å²) in [6, 6.07) is 0. The van der Waals surface area contributed by atoms with Crippen LogP contribution < -0.4 is 0 Å². The molecule has 0 radical (unpaired) electrons. The standard InChI is InChI=1S/C10H13NO4.C2H6/c1-8(12)4-6-15-7-5-11-9(13)2-3-10(11)14;1-2/h2-3H,4-7H2,1H3;1-2H3. The second-order valence-electron chi connectivity index (χ2n) is 3.23. The number of amides is 2. The molecule has 17 heavy (non-hydrogen) atoms. The van der Waals surface area contributed by atoms with Gasteiger partial charge in [-0.15, -0.1) is 0 Å². The molecule has 5 heteroatoms. The average molecular weight is 241 g/mol. The molecule has 0 aromatic carbocycles. The number of carbonyl (C=O) groups is 3. The van der Waals surface area contributed by atoms with Crippen molar-refractivity contribution in [1.82, 2.24) is 4.90 Å². The number of carbonyl (C=O) groups excluding carboxylic acids is 3. The summed E-state index contributed by atoms with van der Waals surface area (Å²) >= 11 is 0. The van der Waals surface area contributed by atoms with Crippen molar-refractivity contribution in [2.24, 2.45) is 0 Å². The minimum atomic E-state index is -0.310. The molecule has 5 nitrogen and oxygen atoms in total. The van der Waals surface area contributed by atoms with Gasteiger partial charge in [-0.05, 0) is 6.92 Å². The van der Waals surface area contributed by atoms with E-state index in [-0.39, 0.29) is 30.7 Å². The molecular weight excluding hydrogens is 222 g/mol. The number of nitrogens with zero attached hydrogens (tertiary/aromatic N) is 1. The molecule has 0 saturated heterocycles. The number of hydrogen-bond donors (Lipinski definition) is 0. The van der Waals surface area contributed by atoms with Crippen molar-refractivity contribution < 1.29 is 19.1 Å². The summed E-state index contributed by atoms with van der Waals surface area (Å²) in [5.41, 5.74) is 0. The topological polar surface area (TPSA) is 63.7 Å². The second kappa shape index (κ2) is 8.64. The fourth-order valence-electron chi connectivity index (χ4n) is 1.13. The third kappa shape index (κ3) is 5.97. The highest BCUT2D eigenvalue weighted by atomic mass is 16.5. The number of Topliss-reactive ketones (excluding diaryl/α,β-unsaturated/α-hetero) is 1. The Hall–Kier alpha value is -1.49. The summed E-state index contributed by atoms with van der Waals surface area (Å²) < 4.78 is 5.11. The average Bonchev–Trinajstić information content (AvgIpc) is 2.62. The number of imide groups is 1. The first-order valence-electron chi connectivity index (χ1n) is 5.72. The highest BCUT2D eigenvalue weighted by Gasteiger charge is 2.22. The SMILES string of the molecule is CC.CC(=O)CCOCCN1C(=O)C=CC1=O. The minimum absolute atomic E-state index is 0.0602. The Balaban J connectivity index is 0.00000121. The monoisotopic (exact) mass is 241 g/mol. The van der Waals surface area contributed by atoms with Crippen molar-refractivity contribution in [3.05, 3.63) is 12.2 Å². The van der Waals surface area contributed by atoms with Gasteiger partial charge in [0, 0.05) is 18.6 Å². The third-order valence-electron chi connectivity index (χ3n) is 1.96. The van der Waals surface area contributed by atoms with E-state index < -0.39 is 0 Å². The maximum atomic E-state index is 11.1. The molecule has 0 aliphatic carbocycles. The molecule has 96 valence electrons. The lowest BCUT2D eigenvalue weighted by Crippen LogP contribution is -2.33. The zero-order valence-corrected chi connectivity index (χ0v) is 10.6. The van der Waals surface area contributed by atoms with E-state index in [9.17, 15) is 14.4 Å². The van der Waals surface area contributed by atoms with Gasteiger partial charge >= 0.3 is 0 Å². The maximum Gasteiger partial charge on any atom is 0.253 e. The first kappa shape index (κ1) is 15.5. The van der Waals surface area contributed by atoms with Gasteiger partial charge < -0.3 is 4.74 Å². The molecule has 1 aliphatic heterocycles. The zero-order chi connectivity index (χ0) is 13.3. The van der Waals surface area contributed by atoms with E-state index in [1.807, 2.05) is 13.8 Å². The number of hydrogen-bond acceptors (Lipinski definition) is 4. The molecule has 0 bridgehead atoms. The van der Waals surface area contributed by atoms with Gasteiger partial charge in [0.25, 0.3) is 11.8 Å². The van der Waals surface area contributed by atoms with Crippen LogP contribution in [0.3, 0.4) is 0 Å². The van der Waals surface area contributed by atoms with Crippen LogP contribution in [-0.2, 0) is 19.1 Å². The van der Waals surface area contributed by atoms with E-state index in [2.05, 4.69) is 0 Å². The lowest BCUT2D eigenvalue weighted by molar-refractivity contribution is -0.137. The summed E-state index contributed by atoms with van der Waals surface area (Å²) in [6.07, 6.45) is 2.83. The van der Waals surface area contributed by atoms with Gasteiger partial charge in [0.1, 0.15) is 5.78 Å². The highest BCUT2D eigenvalue weighted by Crippen LogP contribution is 2.02. The second-order valence-corrected chi connectivity index (χ2v) is 3.23. The molecule has 0 N–H and O–H groups in total. The molecule has 1 rings (SSSR count). The van der Waals surface area contributed by atoms with Gasteiger partial charge in [0.15, 0.2) is 0 Å². The van der Waals surface area contributed by atoms with Crippen LogP contribution in [0.1, 0.15) is 27.2 Å². The van der Waals surface area contributed by atoms with Gasteiger partial charge in [-0.25, -0.2) is 0 Å². The van der Waals surface area contributed by atoms with Crippen LogP contribution in [0.4, 0.5) is 0 Å². The fraction of sp³-hybridized carbons (Fsp3) is 0.583. The van der Waals surface area contributed by atoms with Crippen LogP contribution in [0.25, 0.3) is 0 Å². The van der Waals surface area contributed by atoms with E-state index in [0.717, 1.165) is 4.90 Å². The smallest absolute Gasteiger partial charge is 0.253 e. The van der Waals surface area contributed by atoms with Gasteiger partial charge in [0.2, 0.25) is 0 Å². The summed E-state index contributed by atoms with van der Waals surface area (Å²) in [6.45, 7) is 6.33. The number of ketones is 1. The van der Waals surface area contributed by atoms with E-state index in [1.165, 1.54) is 19.1 Å². The molecule has 0 atom stereocenters. The Morgan fingerprint density at radius 3 is 2.18 bits per heavy atom. The molecule has 0 fully saturated rings. The molecule has 2 amide bonds. The van der Waals surface area contributed by atoms with Crippen molar-refractivity contribution in [1.29, 1.82) is 0 Å². The Kier molecular flexibility index (Phi) is 7.88. The van der Waals surface area contributed by atoms with Crippen molar-refractivity contribution in [2.45, 2.75) is 27.2 Å². The molecule has 0 saturated carbocycles. The predicted octanol–water partition coefficient (Wildman–Crippen LogP) is 0.933. The lowest BCUT2D eigenvalue weighted by atomic mass is 10.3. The summed E-state index contributed by atoms with van der Waals surface area (Å²) in [5.74, 6) is -0.560. The van der Waals surface area contributed by atoms with Gasteiger partial charge in [0.05, 0.1) is 19.8 Å². The van der Waals surface area contributed by atoms with Crippen LogP contribution >= 0.6 is 0 Å². The molecule has 0 unspecified atom stereocenters. The van der Waals surface area contributed by atoms with Crippen LogP contribution in [0, 0.1) is 0 Å². The molecule has 1 heterocycles.